The molecule has 1 rings (SSSR count). The number of β-amino-alcohol motifs (C(OH)–C–C–N with tert-alkyl or cyclic N) is 1. The second-order valence-electron chi connectivity index (χ2n) is 3.37. The second kappa shape index (κ2) is 3.50. The van der Waals surface area contributed by atoms with Crippen molar-refractivity contribution in [1.82, 2.24) is 4.90 Å². The van der Waals surface area contributed by atoms with E-state index >= 15 is 0 Å². The number of hydrogen-bond acceptors (Lipinski definition) is 2. The van der Waals surface area contributed by atoms with Gasteiger partial charge in [0, 0.05) is 19.6 Å². The number of aliphatic hydroxyl groups is 1. The predicted molar refractivity (Wildman–Crippen MR) is 42.3 cm³/mol. The minimum Gasteiger partial charge on any atom is -0.387 e. The highest BCUT2D eigenvalue weighted by molar-refractivity contribution is 4.94. The first-order valence-corrected chi connectivity index (χ1v) is 4.21. The summed E-state index contributed by atoms with van der Waals surface area (Å²) in [5.74, 6) is 0. The summed E-state index contributed by atoms with van der Waals surface area (Å²) in [4.78, 5) is 1.94. The van der Waals surface area contributed by atoms with Crippen LogP contribution in [-0.2, 0) is 0 Å². The molecule has 0 unspecified atom stereocenters. The quantitative estimate of drug-likeness (QED) is 0.659. The Morgan fingerprint density at radius 2 is 2.18 bits per heavy atom. The van der Waals surface area contributed by atoms with Gasteiger partial charge in [0.25, 0.3) is 0 Å². The molecule has 1 aliphatic rings. The fourth-order valence-electron chi connectivity index (χ4n) is 1.69. The summed E-state index contributed by atoms with van der Waals surface area (Å²) in [5, 5.41) is 9.64. The van der Waals surface area contributed by atoms with Gasteiger partial charge >= 0.3 is 0 Å². The summed E-state index contributed by atoms with van der Waals surface area (Å²) in [6.07, 6.45) is 1.84. The van der Waals surface area contributed by atoms with Crippen molar-refractivity contribution in [1.29, 1.82) is 0 Å². The molecule has 66 valence electrons. The van der Waals surface area contributed by atoms with Crippen LogP contribution >= 0.6 is 0 Å². The number of nitrogens with zero attached hydrogens (tertiary/aromatic N) is 1. The summed E-state index contributed by atoms with van der Waals surface area (Å²) in [7, 11) is 0. The Labute approximate surface area is 67.0 Å². The summed E-state index contributed by atoms with van der Waals surface area (Å²) in [6.45, 7) is 3.54. The standard InChI is InChI=1S/C8H16FNO/c1-2-3-8(11)6-10(7-8)5-4-9/h11H,2-7H2,1H3. The summed E-state index contributed by atoms with van der Waals surface area (Å²) in [6, 6.07) is 0. The molecule has 0 bridgehead atoms. The van der Waals surface area contributed by atoms with Crippen LogP contribution in [0.1, 0.15) is 19.8 Å². The van der Waals surface area contributed by atoms with E-state index in [4.69, 9.17) is 0 Å². The maximum atomic E-state index is 11.8. The number of hydrogen-bond donors (Lipinski definition) is 1. The molecule has 0 radical (unpaired) electrons. The molecule has 0 aromatic carbocycles. The Morgan fingerprint density at radius 1 is 1.55 bits per heavy atom. The zero-order valence-corrected chi connectivity index (χ0v) is 7.02. The predicted octanol–water partition coefficient (Wildman–Crippen LogP) is 0.803. The lowest BCUT2D eigenvalue weighted by molar-refractivity contribution is -0.103. The number of alkyl halides is 1. The van der Waals surface area contributed by atoms with Gasteiger partial charge < -0.3 is 5.11 Å². The van der Waals surface area contributed by atoms with Gasteiger partial charge in [-0.25, -0.2) is 4.39 Å². The lowest BCUT2D eigenvalue weighted by atomic mass is 9.89. The molecular formula is C8H16FNO. The summed E-state index contributed by atoms with van der Waals surface area (Å²) < 4.78 is 11.8. The van der Waals surface area contributed by atoms with E-state index in [9.17, 15) is 9.50 Å². The average Bonchev–Trinajstić information content (AvgIpc) is 1.85. The average molecular weight is 161 g/mol. The van der Waals surface area contributed by atoms with Gasteiger partial charge in [-0.15, -0.1) is 0 Å². The van der Waals surface area contributed by atoms with Gasteiger partial charge in [-0.1, -0.05) is 13.3 Å². The van der Waals surface area contributed by atoms with Crippen LogP contribution in [0, 0.1) is 0 Å². The van der Waals surface area contributed by atoms with Gasteiger partial charge in [-0.3, -0.25) is 4.90 Å². The van der Waals surface area contributed by atoms with Crippen LogP contribution in [-0.4, -0.2) is 41.9 Å². The molecule has 0 saturated carbocycles. The third kappa shape index (κ3) is 2.14. The van der Waals surface area contributed by atoms with Crippen LogP contribution in [0.3, 0.4) is 0 Å². The second-order valence-corrected chi connectivity index (χ2v) is 3.37. The molecule has 2 nitrogen and oxygen atoms in total. The van der Waals surface area contributed by atoms with Crippen molar-refractivity contribution in [2.75, 3.05) is 26.3 Å². The molecule has 0 atom stereocenters. The SMILES string of the molecule is CCCC1(O)CN(CCF)C1. The molecule has 0 aromatic rings. The van der Waals surface area contributed by atoms with Gasteiger partial charge in [0.1, 0.15) is 6.67 Å². The lowest BCUT2D eigenvalue weighted by Crippen LogP contribution is -2.61. The summed E-state index contributed by atoms with van der Waals surface area (Å²) >= 11 is 0. The Hall–Kier alpha value is -0.150. The minimum atomic E-state index is -0.496. The maximum absolute atomic E-state index is 11.8. The van der Waals surface area contributed by atoms with Gasteiger partial charge in [0.15, 0.2) is 0 Å². The molecule has 0 amide bonds. The van der Waals surface area contributed by atoms with Crippen molar-refractivity contribution in [3.63, 3.8) is 0 Å². The monoisotopic (exact) mass is 161 g/mol. The molecule has 1 fully saturated rings. The Balaban J connectivity index is 2.15. The van der Waals surface area contributed by atoms with E-state index in [2.05, 4.69) is 6.92 Å². The molecule has 1 saturated heterocycles. The van der Waals surface area contributed by atoms with Crippen molar-refractivity contribution in [2.45, 2.75) is 25.4 Å². The maximum Gasteiger partial charge on any atom is 0.102 e. The highest BCUT2D eigenvalue weighted by atomic mass is 19.1. The molecule has 1 aliphatic heterocycles. The van der Waals surface area contributed by atoms with E-state index < -0.39 is 5.60 Å². The summed E-state index contributed by atoms with van der Waals surface area (Å²) in [5.41, 5.74) is -0.496. The van der Waals surface area contributed by atoms with Crippen molar-refractivity contribution in [3.05, 3.63) is 0 Å². The van der Waals surface area contributed by atoms with Gasteiger partial charge in [-0.2, -0.15) is 0 Å². The fourth-order valence-corrected chi connectivity index (χ4v) is 1.69. The Kier molecular flexibility index (Phi) is 2.84. The van der Waals surface area contributed by atoms with E-state index in [-0.39, 0.29) is 6.67 Å². The number of likely N-dealkylation sites (tertiary alicyclic amines) is 1. The molecule has 1 N–H and O–H groups in total. The molecular weight excluding hydrogens is 145 g/mol. The molecule has 3 heteroatoms. The van der Waals surface area contributed by atoms with Crippen molar-refractivity contribution in [2.24, 2.45) is 0 Å². The van der Waals surface area contributed by atoms with E-state index in [1.54, 1.807) is 0 Å². The molecule has 0 spiro atoms. The smallest absolute Gasteiger partial charge is 0.102 e. The zero-order chi connectivity index (χ0) is 8.32. The van der Waals surface area contributed by atoms with Crippen LogP contribution in [0.15, 0.2) is 0 Å². The lowest BCUT2D eigenvalue weighted by Gasteiger charge is -2.46. The van der Waals surface area contributed by atoms with Crippen LogP contribution in [0.25, 0.3) is 0 Å². The van der Waals surface area contributed by atoms with Crippen LogP contribution in [0.5, 0.6) is 0 Å². The highest BCUT2D eigenvalue weighted by Gasteiger charge is 2.39. The Morgan fingerprint density at radius 3 is 2.64 bits per heavy atom. The van der Waals surface area contributed by atoms with Gasteiger partial charge in [0.2, 0.25) is 0 Å². The largest absolute Gasteiger partial charge is 0.387 e. The first-order chi connectivity index (χ1) is 5.20. The first kappa shape index (κ1) is 8.94. The van der Waals surface area contributed by atoms with Gasteiger partial charge in [0.05, 0.1) is 5.60 Å². The normalized spacial score (nSPS) is 23.2. The molecule has 0 aromatic heterocycles. The fraction of sp³-hybridized carbons (Fsp3) is 1.00. The molecule has 0 aliphatic carbocycles. The molecule has 1 heterocycles. The van der Waals surface area contributed by atoms with Crippen molar-refractivity contribution >= 4 is 0 Å². The van der Waals surface area contributed by atoms with Crippen LogP contribution < -0.4 is 0 Å². The van der Waals surface area contributed by atoms with Crippen molar-refractivity contribution in [3.8, 4) is 0 Å². The minimum absolute atomic E-state index is 0.303. The third-order valence-corrected chi connectivity index (χ3v) is 2.15. The van der Waals surface area contributed by atoms with Crippen LogP contribution in [0.2, 0.25) is 0 Å². The topological polar surface area (TPSA) is 23.5 Å². The highest BCUT2D eigenvalue weighted by Crippen LogP contribution is 2.24. The first-order valence-electron chi connectivity index (χ1n) is 4.21. The van der Waals surface area contributed by atoms with Crippen molar-refractivity contribution < 1.29 is 9.50 Å². The molecule has 11 heavy (non-hydrogen) atoms. The van der Waals surface area contributed by atoms with E-state index in [1.807, 2.05) is 4.90 Å². The van der Waals surface area contributed by atoms with Crippen LogP contribution in [0.4, 0.5) is 4.39 Å². The van der Waals surface area contributed by atoms with Gasteiger partial charge in [-0.05, 0) is 6.42 Å². The van der Waals surface area contributed by atoms with E-state index in [0.717, 1.165) is 12.8 Å². The number of rotatable bonds is 4. The van der Waals surface area contributed by atoms with E-state index in [0.29, 0.717) is 19.6 Å². The van der Waals surface area contributed by atoms with E-state index in [1.165, 1.54) is 0 Å². The third-order valence-electron chi connectivity index (χ3n) is 2.15. The zero-order valence-electron chi connectivity index (χ0n) is 7.02. The Bertz CT molecular complexity index is 123. The number of halogens is 1.